The zero-order chi connectivity index (χ0) is 17.7. The highest BCUT2D eigenvalue weighted by atomic mass is 16.5. The smallest absolute Gasteiger partial charge is 0.224 e. The Morgan fingerprint density at radius 1 is 0.680 bits per heavy atom. The van der Waals surface area contributed by atoms with Crippen molar-refractivity contribution in [2.75, 3.05) is 26.3 Å². The fourth-order valence-corrected chi connectivity index (χ4v) is 2.31. The number of ether oxygens (including phenoxy) is 1. The highest BCUT2D eigenvalue weighted by molar-refractivity contribution is 5.78. The Hall–Kier alpha value is -2.66. The minimum Gasteiger partial charge on any atom is -0.378 e. The number of rotatable bonds is 10. The van der Waals surface area contributed by atoms with Crippen molar-refractivity contribution >= 4 is 11.8 Å². The standard InChI is InChI=1S/C20H24N2O3/c23-19(15-17-7-3-1-4-8-17)21-11-13-25-14-12-22-20(24)16-18-9-5-2-6-10-18/h1-10H,11-16H2,(H,21,23)(H,22,24). The molecule has 0 saturated carbocycles. The molecule has 0 unspecified atom stereocenters. The molecule has 2 aromatic rings. The quantitative estimate of drug-likeness (QED) is 0.647. The molecular formula is C20H24N2O3. The van der Waals surface area contributed by atoms with Gasteiger partial charge in [-0.3, -0.25) is 9.59 Å². The van der Waals surface area contributed by atoms with Crippen LogP contribution in [-0.4, -0.2) is 38.1 Å². The summed E-state index contributed by atoms with van der Waals surface area (Å²) in [6.45, 7) is 1.78. The molecule has 5 nitrogen and oxygen atoms in total. The summed E-state index contributed by atoms with van der Waals surface area (Å²) in [5.41, 5.74) is 1.98. The van der Waals surface area contributed by atoms with Gasteiger partial charge in [0.1, 0.15) is 0 Å². The van der Waals surface area contributed by atoms with Crippen LogP contribution in [0.4, 0.5) is 0 Å². The van der Waals surface area contributed by atoms with E-state index in [0.29, 0.717) is 39.1 Å². The summed E-state index contributed by atoms with van der Waals surface area (Å²) >= 11 is 0. The van der Waals surface area contributed by atoms with Crippen LogP contribution in [0.3, 0.4) is 0 Å². The number of carbonyl (C=O) groups excluding carboxylic acids is 2. The molecule has 0 spiro atoms. The van der Waals surface area contributed by atoms with Crippen molar-refractivity contribution in [2.24, 2.45) is 0 Å². The van der Waals surface area contributed by atoms with E-state index in [-0.39, 0.29) is 11.8 Å². The van der Waals surface area contributed by atoms with Gasteiger partial charge in [-0.1, -0.05) is 60.7 Å². The van der Waals surface area contributed by atoms with Crippen LogP contribution in [0.25, 0.3) is 0 Å². The average Bonchev–Trinajstić information content (AvgIpc) is 2.62. The summed E-state index contributed by atoms with van der Waals surface area (Å²) in [6.07, 6.45) is 0.743. The van der Waals surface area contributed by atoms with Gasteiger partial charge in [0.2, 0.25) is 11.8 Å². The Kier molecular flexibility index (Phi) is 8.21. The lowest BCUT2D eigenvalue weighted by Gasteiger charge is -2.08. The molecule has 0 heterocycles. The predicted octanol–water partition coefficient (Wildman–Crippen LogP) is 1.72. The van der Waals surface area contributed by atoms with Gasteiger partial charge in [-0.15, -0.1) is 0 Å². The summed E-state index contributed by atoms with van der Waals surface area (Å²) in [5.74, 6) is -0.0445. The van der Waals surface area contributed by atoms with E-state index < -0.39 is 0 Å². The maximum absolute atomic E-state index is 11.7. The van der Waals surface area contributed by atoms with Gasteiger partial charge >= 0.3 is 0 Å². The van der Waals surface area contributed by atoms with E-state index in [1.807, 2.05) is 60.7 Å². The predicted molar refractivity (Wildman–Crippen MR) is 97.1 cm³/mol. The minimum atomic E-state index is -0.0223. The SMILES string of the molecule is O=C(Cc1ccccc1)NCCOCCNC(=O)Cc1ccccc1. The number of nitrogens with one attached hydrogen (secondary N) is 2. The molecule has 0 radical (unpaired) electrons. The minimum absolute atomic E-state index is 0.0223. The first-order valence-corrected chi connectivity index (χ1v) is 8.43. The first kappa shape index (κ1) is 18.7. The van der Waals surface area contributed by atoms with Crippen molar-refractivity contribution in [2.45, 2.75) is 12.8 Å². The second-order valence-corrected chi connectivity index (χ2v) is 5.64. The summed E-state index contributed by atoms with van der Waals surface area (Å²) in [4.78, 5) is 23.5. The van der Waals surface area contributed by atoms with Crippen molar-refractivity contribution in [1.29, 1.82) is 0 Å². The van der Waals surface area contributed by atoms with Crippen molar-refractivity contribution < 1.29 is 14.3 Å². The number of carbonyl (C=O) groups is 2. The number of hydrogen-bond acceptors (Lipinski definition) is 3. The maximum Gasteiger partial charge on any atom is 0.224 e. The van der Waals surface area contributed by atoms with Gasteiger partial charge in [0.25, 0.3) is 0 Å². The Labute approximate surface area is 148 Å². The summed E-state index contributed by atoms with van der Waals surface area (Å²) in [7, 11) is 0. The van der Waals surface area contributed by atoms with Crippen molar-refractivity contribution in [3.05, 3.63) is 71.8 Å². The third-order valence-corrected chi connectivity index (χ3v) is 3.55. The monoisotopic (exact) mass is 340 g/mol. The van der Waals surface area contributed by atoms with Crippen LogP contribution in [0.15, 0.2) is 60.7 Å². The summed E-state index contributed by atoms with van der Waals surface area (Å²) in [5, 5.41) is 5.62. The molecule has 2 amide bonds. The Morgan fingerprint density at radius 2 is 1.08 bits per heavy atom. The lowest BCUT2D eigenvalue weighted by atomic mass is 10.1. The summed E-state index contributed by atoms with van der Waals surface area (Å²) < 4.78 is 5.41. The van der Waals surface area contributed by atoms with Crippen LogP contribution in [0, 0.1) is 0 Å². The van der Waals surface area contributed by atoms with Crippen LogP contribution in [0.1, 0.15) is 11.1 Å². The molecule has 132 valence electrons. The van der Waals surface area contributed by atoms with Gasteiger partial charge in [0.15, 0.2) is 0 Å². The largest absolute Gasteiger partial charge is 0.378 e. The molecule has 0 aliphatic carbocycles. The van der Waals surface area contributed by atoms with E-state index in [4.69, 9.17) is 4.74 Å². The zero-order valence-electron chi connectivity index (χ0n) is 14.2. The Morgan fingerprint density at radius 3 is 1.48 bits per heavy atom. The van der Waals surface area contributed by atoms with Crippen LogP contribution < -0.4 is 10.6 Å². The molecule has 0 bridgehead atoms. The van der Waals surface area contributed by atoms with Crippen LogP contribution >= 0.6 is 0 Å². The molecule has 0 aromatic heterocycles. The molecule has 5 heteroatoms. The first-order chi connectivity index (χ1) is 12.2. The van der Waals surface area contributed by atoms with Gasteiger partial charge in [0, 0.05) is 13.1 Å². The molecular weight excluding hydrogens is 316 g/mol. The summed E-state index contributed by atoms with van der Waals surface area (Å²) in [6, 6.07) is 19.2. The van der Waals surface area contributed by atoms with E-state index in [0.717, 1.165) is 11.1 Å². The molecule has 25 heavy (non-hydrogen) atoms. The number of benzene rings is 2. The zero-order valence-corrected chi connectivity index (χ0v) is 14.2. The second kappa shape index (κ2) is 11.0. The molecule has 0 saturated heterocycles. The average molecular weight is 340 g/mol. The maximum atomic E-state index is 11.7. The van der Waals surface area contributed by atoms with Gasteiger partial charge in [-0.2, -0.15) is 0 Å². The molecule has 0 atom stereocenters. The van der Waals surface area contributed by atoms with Crippen molar-refractivity contribution in [1.82, 2.24) is 10.6 Å². The van der Waals surface area contributed by atoms with Crippen molar-refractivity contribution in [3.63, 3.8) is 0 Å². The van der Waals surface area contributed by atoms with Crippen LogP contribution in [0.5, 0.6) is 0 Å². The molecule has 2 rings (SSSR count). The van der Waals surface area contributed by atoms with Crippen molar-refractivity contribution in [3.8, 4) is 0 Å². The van der Waals surface area contributed by atoms with Gasteiger partial charge in [-0.05, 0) is 11.1 Å². The van der Waals surface area contributed by atoms with Crippen LogP contribution in [0.2, 0.25) is 0 Å². The third-order valence-electron chi connectivity index (χ3n) is 3.55. The van der Waals surface area contributed by atoms with E-state index in [1.54, 1.807) is 0 Å². The number of hydrogen-bond donors (Lipinski definition) is 2. The fraction of sp³-hybridized carbons (Fsp3) is 0.300. The van der Waals surface area contributed by atoms with E-state index in [9.17, 15) is 9.59 Å². The van der Waals surface area contributed by atoms with E-state index in [1.165, 1.54) is 0 Å². The lowest BCUT2D eigenvalue weighted by molar-refractivity contribution is -0.121. The van der Waals surface area contributed by atoms with Gasteiger partial charge in [-0.25, -0.2) is 0 Å². The van der Waals surface area contributed by atoms with E-state index in [2.05, 4.69) is 10.6 Å². The molecule has 0 aliphatic rings. The third kappa shape index (κ3) is 8.13. The van der Waals surface area contributed by atoms with Gasteiger partial charge < -0.3 is 15.4 Å². The van der Waals surface area contributed by atoms with E-state index >= 15 is 0 Å². The highest BCUT2D eigenvalue weighted by Crippen LogP contribution is 1.99. The highest BCUT2D eigenvalue weighted by Gasteiger charge is 2.03. The normalized spacial score (nSPS) is 10.2. The fourth-order valence-electron chi connectivity index (χ4n) is 2.31. The molecule has 0 aliphatic heterocycles. The molecule has 2 N–H and O–H groups in total. The lowest BCUT2D eigenvalue weighted by Crippen LogP contribution is -2.31. The first-order valence-electron chi connectivity index (χ1n) is 8.43. The van der Waals surface area contributed by atoms with Crippen LogP contribution in [-0.2, 0) is 27.2 Å². The topological polar surface area (TPSA) is 67.4 Å². The Balaban J connectivity index is 1.46. The molecule has 2 aromatic carbocycles. The molecule has 0 fully saturated rings. The van der Waals surface area contributed by atoms with Gasteiger partial charge in [0.05, 0.1) is 26.1 Å². The Bertz CT molecular complexity index is 587. The number of amides is 2. The second-order valence-electron chi connectivity index (χ2n) is 5.64.